The Bertz CT molecular complexity index is 566. The Kier molecular flexibility index (Phi) is 5.21. The number of non-ortho nitro benzene ring substituents is 1. The van der Waals surface area contributed by atoms with Gasteiger partial charge in [-0.25, -0.2) is 4.79 Å². The van der Waals surface area contributed by atoms with Crippen LogP contribution < -0.4 is 4.90 Å². The summed E-state index contributed by atoms with van der Waals surface area (Å²) in [7, 11) is 0. The summed E-state index contributed by atoms with van der Waals surface area (Å²) in [5, 5.41) is 19.6. The summed E-state index contributed by atoms with van der Waals surface area (Å²) in [5.41, 5.74) is 1.38. The van der Waals surface area contributed by atoms with E-state index in [9.17, 15) is 14.9 Å². The van der Waals surface area contributed by atoms with Gasteiger partial charge in [-0.05, 0) is 24.3 Å². The summed E-state index contributed by atoms with van der Waals surface area (Å²) in [6.45, 7) is 1.73. The molecule has 2 rings (SSSR count). The molecule has 1 aromatic carbocycles. The number of carboxylic acid groups (broad SMARTS) is 1. The van der Waals surface area contributed by atoms with E-state index in [1.165, 1.54) is 18.2 Å². The van der Waals surface area contributed by atoms with E-state index in [-0.39, 0.29) is 5.69 Å². The second kappa shape index (κ2) is 7.12. The van der Waals surface area contributed by atoms with E-state index in [0.717, 1.165) is 42.8 Å². The van der Waals surface area contributed by atoms with E-state index in [1.54, 1.807) is 6.07 Å². The minimum atomic E-state index is -1.07. The second-order valence-electron chi connectivity index (χ2n) is 4.62. The number of thioether (sulfide) groups is 1. The monoisotopic (exact) mass is 308 g/mol. The first-order valence-corrected chi connectivity index (χ1v) is 7.75. The number of hydrogen-bond acceptors (Lipinski definition) is 5. The van der Waals surface area contributed by atoms with E-state index < -0.39 is 10.9 Å². The van der Waals surface area contributed by atoms with Crippen LogP contribution in [0, 0.1) is 10.1 Å². The van der Waals surface area contributed by atoms with Gasteiger partial charge in [0.15, 0.2) is 0 Å². The lowest BCUT2D eigenvalue weighted by Crippen LogP contribution is -2.26. The third-order valence-corrected chi connectivity index (χ3v) is 4.24. The predicted octanol–water partition coefficient (Wildman–Crippen LogP) is 2.64. The van der Waals surface area contributed by atoms with Gasteiger partial charge in [0.1, 0.15) is 0 Å². The molecule has 0 radical (unpaired) electrons. The molecule has 1 aliphatic heterocycles. The number of anilines is 1. The lowest BCUT2D eigenvalue weighted by molar-refractivity contribution is -0.384. The molecule has 1 saturated heterocycles. The van der Waals surface area contributed by atoms with Crippen LogP contribution in [-0.2, 0) is 4.79 Å². The number of rotatable bonds is 4. The molecule has 112 valence electrons. The van der Waals surface area contributed by atoms with Gasteiger partial charge in [0, 0.05) is 48.3 Å². The van der Waals surface area contributed by atoms with E-state index >= 15 is 0 Å². The fourth-order valence-corrected chi connectivity index (χ4v) is 3.11. The van der Waals surface area contributed by atoms with Crippen molar-refractivity contribution < 1.29 is 14.8 Å². The van der Waals surface area contributed by atoms with Gasteiger partial charge in [-0.3, -0.25) is 10.1 Å². The van der Waals surface area contributed by atoms with E-state index in [0.29, 0.717) is 5.56 Å². The molecular formula is C14H16N2O4S. The molecule has 0 bridgehead atoms. The average Bonchev–Trinajstić information content (AvgIpc) is 2.73. The molecule has 1 fully saturated rings. The van der Waals surface area contributed by atoms with Crippen molar-refractivity contribution in [2.75, 3.05) is 29.5 Å². The van der Waals surface area contributed by atoms with Gasteiger partial charge in [-0.2, -0.15) is 11.8 Å². The third kappa shape index (κ3) is 4.22. The van der Waals surface area contributed by atoms with Crippen LogP contribution in [0.15, 0.2) is 24.3 Å². The molecule has 0 aromatic heterocycles. The molecule has 6 nitrogen and oxygen atoms in total. The minimum Gasteiger partial charge on any atom is -0.478 e. The highest BCUT2D eigenvalue weighted by Gasteiger charge is 2.16. The van der Waals surface area contributed by atoms with Gasteiger partial charge in [0.05, 0.1) is 4.92 Å². The van der Waals surface area contributed by atoms with Crippen molar-refractivity contribution in [1.82, 2.24) is 0 Å². The van der Waals surface area contributed by atoms with Crippen LogP contribution in [0.2, 0.25) is 0 Å². The van der Waals surface area contributed by atoms with Crippen LogP contribution in [-0.4, -0.2) is 40.6 Å². The van der Waals surface area contributed by atoms with Crippen molar-refractivity contribution in [1.29, 1.82) is 0 Å². The maximum absolute atomic E-state index is 10.9. The molecule has 1 aliphatic rings. The molecule has 7 heteroatoms. The lowest BCUT2D eigenvalue weighted by atomic mass is 10.1. The van der Waals surface area contributed by atoms with Crippen LogP contribution in [0.5, 0.6) is 0 Å². The van der Waals surface area contributed by atoms with Crippen LogP contribution in [0.3, 0.4) is 0 Å². The van der Waals surface area contributed by atoms with Gasteiger partial charge in [0.2, 0.25) is 0 Å². The van der Waals surface area contributed by atoms with Crippen molar-refractivity contribution in [3.05, 3.63) is 40.0 Å². The first kappa shape index (κ1) is 15.4. The molecule has 1 heterocycles. The first-order valence-electron chi connectivity index (χ1n) is 6.60. The SMILES string of the molecule is O=C(O)C=Cc1cc([N+](=O)[O-])ccc1N1CCCSCC1. The van der Waals surface area contributed by atoms with Gasteiger partial charge in [0.25, 0.3) is 5.69 Å². The molecule has 0 saturated carbocycles. The Balaban J connectivity index is 2.37. The van der Waals surface area contributed by atoms with Gasteiger partial charge < -0.3 is 10.0 Å². The number of hydrogen-bond donors (Lipinski definition) is 1. The highest BCUT2D eigenvalue weighted by atomic mass is 32.2. The fraction of sp³-hybridized carbons (Fsp3) is 0.357. The number of nitrogens with zero attached hydrogens (tertiary/aromatic N) is 2. The fourth-order valence-electron chi connectivity index (χ4n) is 2.23. The molecule has 0 aliphatic carbocycles. The Hall–Kier alpha value is -2.02. The molecule has 21 heavy (non-hydrogen) atoms. The van der Waals surface area contributed by atoms with Crippen molar-refractivity contribution >= 4 is 35.2 Å². The van der Waals surface area contributed by atoms with Crippen molar-refractivity contribution in [2.45, 2.75) is 6.42 Å². The summed E-state index contributed by atoms with van der Waals surface area (Å²) in [6.07, 6.45) is 3.47. The second-order valence-corrected chi connectivity index (χ2v) is 5.85. The zero-order valence-corrected chi connectivity index (χ0v) is 12.2. The van der Waals surface area contributed by atoms with Crippen molar-refractivity contribution in [3.63, 3.8) is 0 Å². The number of benzene rings is 1. The zero-order valence-electron chi connectivity index (χ0n) is 11.4. The summed E-state index contributed by atoms with van der Waals surface area (Å²) >= 11 is 1.88. The maximum atomic E-state index is 10.9. The van der Waals surface area contributed by atoms with Gasteiger partial charge in [-0.15, -0.1) is 0 Å². The molecule has 0 amide bonds. The van der Waals surface area contributed by atoms with Gasteiger partial charge >= 0.3 is 5.97 Å². The van der Waals surface area contributed by atoms with Crippen LogP contribution in [0.4, 0.5) is 11.4 Å². The van der Waals surface area contributed by atoms with E-state index in [2.05, 4.69) is 4.90 Å². The van der Waals surface area contributed by atoms with Gasteiger partial charge in [-0.1, -0.05) is 0 Å². The largest absolute Gasteiger partial charge is 0.478 e. The molecule has 0 atom stereocenters. The minimum absolute atomic E-state index is 0.0343. The Morgan fingerprint density at radius 1 is 1.38 bits per heavy atom. The molecule has 1 aromatic rings. The highest BCUT2D eigenvalue weighted by Crippen LogP contribution is 2.28. The molecule has 0 spiro atoms. The number of aliphatic carboxylic acids is 1. The number of nitro benzene ring substituents is 1. The summed E-state index contributed by atoms with van der Waals surface area (Å²) in [4.78, 5) is 23.3. The number of carboxylic acids is 1. The Morgan fingerprint density at radius 2 is 2.19 bits per heavy atom. The van der Waals surface area contributed by atoms with Crippen LogP contribution in [0.1, 0.15) is 12.0 Å². The quantitative estimate of drug-likeness (QED) is 0.523. The third-order valence-electron chi connectivity index (χ3n) is 3.19. The summed E-state index contributed by atoms with van der Waals surface area (Å²) in [5.74, 6) is 1.03. The van der Waals surface area contributed by atoms with E-state index in [1.807, 2.05) is 11.8 Å². The predicted molar refractivity (Wildman–Crippen MR) is 83.9 cm³/mol. The summed E-state index contributed by atoms with van der Waals surface area (Å²) in [6, 6.07) is 4.59. The molecule has 0 unspecified atom stereocenters. The van der Waals surface area contributed by atoms with E-state index in [4.69, 9.17) is 5.11 Å². The van der Waals surface area contributed by atoms with Crippen LogP contribution in [0.25, 0.3) is 6.08 Å². The van der Waals surface area contributed by atoms with Crippen LogP contribution >= 0.6 is 11.8 Å². The topological polar surface area (TPSA) is 83.7 Å². The standard InChI is InChI=1S/C14H16N2O4S/c17-14(18)5-2-11-10-12(16(19)20)3-4-13(11)15-6-1-8-21-9-7-15/h2-5,10H,1,6-9H2,(H,17,18). The Morgan fingerprint density at radius 3 is 2.90 bits per heavy atom. The number of nitro groups is 1. The van der Waals surface area contributed by atoms with Crippen molar-refractivity contribution in [3.8, 4) is 0 Å². The Labute approximate surface area is 126 Å². The normalized spacial score (nSPS) is 15.9. The van der Waals surface area contributed by atoms with Crippen molar-refractivity contribution in [2.24, 2.45) is 0 Å². The lowest BCUT2D eigenvalue weighted by Gasteiger charge is -2.24. The molecular weight excluding hydrogens is 292 g/mol. The molecule has 1 N–H and O–H groups in total. The summed E-state index contributed by atoms with van der Waals surface area (Å²) < 4.78 is 0. The smallest absolute Gasteiger partial charge is 0.328 e. The average molecular weight is 308 g/mol. The highest BCUT2D eigenvalue weighted by molar-refractivity contribution is 7.99. The zero-order chi connectivity index (χ0) is 15.2. The first-order chi connectivity index (χ1) is 10.1. The number of carbonyl (C=O) groups is 1. The maximum Gasteiger partial charge on any atom is 0.328 e.